The van der Waals surface area contributed by atoms with E-state index < -0.39 is 16.1 Å². The van der Waals surface area contributed by atoms with Gasteiger partial charge in [0.25, 0.3) is 0 Å². The second-order valence-electron chi connectivity index (χ2n) is 6.35. The van der Waals surface area contributed by atoms with Crippen LogP contribution in [0.4, 0.5) is 0 Å². The first-order valence-electron chi connectivity index (χ1n) is 8.78. The van der Waals surface area contributed by atoms with E-state index in [0.717, 1.165) is 25.7 Å². The smallest absolute Gasteiger partial charge is 0.243 e. The Morgan fingerprint density at radius 3 is 2.48 bits per heavy atom. The van der Waals surface area contributed by atoms with Crippen LogP contribution in [0, 0.1) is 0 Å². The van der Waals surface area contributed by atoms with Crippen molar-refractivity contribution in [2.75, 3.05) is 13.1 Å². The minimum Gasteiger partial charge on any atom is -0.355 e. The number of sulfonamides is 1. The van der Waals surface area contributed by atoms with E-state index in [-0.39, 0.29) is 16.6 Å². The Morgan fingerprint density at radius 2 is 1.88 bits per heavy atom. The molecule has 0 aliphatic carbocycles. The molecule has 1 aliphatic rings. The van der Waals surface area contributed by atoms with E-state index in [0.29, 0.717) is 25.1 Å². The maximum Gasteiger partial charge on any atom is 0.243 e. The molecule has 1 saturated heterocycles. The molecule has 6 nitrogen and oxygen atoms in total. The Bertz CT molecular complexity index is 713. The highest BCUT2D eigenvalue weighted by Crippen LogP contribution is 2.26. The molecule has 138 valence electrons. The molecule has 1 aromatic rings. The summed E-state index contributed by atoms with van der Waals surface area (Å²) in [5.41, 5.74) is 0.464. The number of rotatable bonds is 7. The van der Waals surface area contributed by atoms with Gasteiger partial charge in [0, 0.05) is 18.7 Å². The minimum absolute atomic E-state index is 0.116. The average molecular weight is 366 g/mol. The quantitative estimate of drug-likeness (QED) is 0.593. The van der Waals surface area contributed by atoms with Gasteiger partial charge in [-0.25, -0.2) is 8.42 Å². The fourth-order valence-corrected chi connectivity index (χ4v) is 4.61. The SMILES string of the molecule is CCCCNC(=O)C1CCCCN1S(=O)(=O)c1ccc(C(C)=O)cc1. The van der Waals surface area contributed by atoms with Crippen molar-refractivity contribution in [2.24, 2.45) is 0 Å². The Morgan fingerprint density at radius 1 is 1.20 bits per heavy atom. The highest BCUT2D eigenvalue weighted by molar-refractivity contribution is 7.89. The van der Waals surface area contributed by atoms with Crippen LogP contribution in [0.5, 0.6) is 0 Å². The van der Waals surface area contributed by atoms with Gasteiger partial charge in [-0.05, 0) is 38.3 Å². The third kappa shape index (κ3) is 4.67. The molecule has 0 saturated carbocycles. The number of Topliss-reactive ketones (excluding diaryl/α,β-unsaturated/α-hetero) is 1. The molecule has 0 bridgehead atoms. The Hall–Kier alpha value is -1.73. The van der Waals surface area contributed by atoms with Crippen molar-refractivity contribution >= 4 is 21.7 Å². The van der Waals surface area contributed by atoms with Gasteiger partial charge in [-0.15, -0.1) is 0 Å². The molecule has 1 amide bonds. The zero-order chi connectivity index (χ0) is 18.4. The Balaban J connectivity index is 2.22. The zero-order valence-electron chi connectivity index (χ0n) is 14.8. The maximum atomic E-state index is 13.0. The van der Waals surface area contributed by atoms with Crippen molar-refractivity contribution in [3.8, 4) is 0 Å². The highest BCUT2D eigenvalue weighted by Gasteiger charge is 2.37. The highest BCUT2D eigenvalue weighted by atomic mass is 32.2. The summed E-state index contributed by atoms with van der Waals surface area (Å²) in [6, 6.07) is 5.23. The number of ketones is 1. The molecule has 1 aromatic carbocycles. The number of hydrogen-bond acceptors (Lipinski definition) is 4. The molecule has 1 aliphatic heterocycles. The van der Waals surface area contributed by atoms with Gasteiger partial charge in [-0.3, -0.25) is 9.59 Å². The lowest BCUT2D eigenvalue weighted by Gasteiger charge is -2.33. The molecule has 1 N–H and O–H groups in total. The summed E-state index contributed by atoms with van der Waals surface area (Å²) in [5.74, 6) is -0.341. The molecule has 25 heavy (non-hydrogen) atoms. The largest absolute Gasteiger partial charge is 0.355 e. The van der Waals surface area contributed by atoms with Gasteiger partial charge in [0.1, 0.15) is 6.04 Å². The molecule has 1 unspecified atom stereocenters. The molecule has 1 fully saturated rings. The van der Waals surface area contributed by atoms with Crippen molar-refractivity contribution in [3.05, 3.63) is 29.8 Å². The van der Waals surface area contributed by atoms with Gasteiger partial charge >= 0.3 is 0 Å². The predicted octanol–water partition coefficient (Wildman–Crippen LogP) is 2.35. The van der Waals surface area contributed by atoms with E-state index in [1.165, 1.54) is 35.5 Å². The monoisotopic (exact) mass is 366 g/mol. The number of carbonyl (C=O) groups is 2. The van der Waals surface area contributed by atoms with Gasteiger partial charge in [0.15, 0.2) is 5.78 Å². The van der Waals surface area contributed by atoms with Crippen molar-refractivity contribution < 1.29 is 18.0 Å². The van der Waals surface area contributed by atoms with Gasteiger partial charge in [-0.1, -0.05) is 31.9 Å². The fourth-order valence-electron chi connectivity index (χ4n) is 2.96. The van der Waals surface area contributed by atoms with E-state index in [4.69, 9.17) is 0 Å². The normalized spacial score (nSPS) is 18.7. The first-order chi connectivity index (χ1) is 11.9. The van der Waals surface area contributed by atoms with Crippen LogP contribution in [-0.4, -0.2) is 43.5 Å². The third-order valence-electron chi connectivity index (χ3n) is 4.45. The number of benzene rings is 1. The van der Waals surface area contributed by atoms with E-state index in [1.807, 2.05) is 6.92 Å². The summed E-state index contributed by atoms with van der Waals surface area (Å²) in [6.45, 7) is 4.37. The van der Waals surface area contributed by atoms with Gasteiger partial charge in [0.05, 0.1) is 4.90 Å². The summed E-state index contributed by atoms with van der Waals surface area (Å²) in [4.78, 5) is 23.9. The summed E-state index contributed by atoms with van der Waals surface area (Å²) >= 11 is 0. The number of amides is 1. The van der Waals surface area contributed by atoms with Crippen molar-refractivity contribution in [1.29, 1.82) is 0 Å². The summed E-state index contributed by atoms with van der Waals surface area (Å²) in [6.07, 6.45) is 3.94. The maximum absolute atomic E-state index is 13.0. The number of carbonyl (C=O) groups excluding carboxylic acids is 2. The van der Waals surface area contributed by atoms with Gasteiger partial charge in [0.2, 0.25) is 15.9 Å². The lowest BCUT2D eigenvalue weighted by molar-refractivity contribution is -0.125. The molecule has 1 atom stereocenters. The molecular weight excluding hydrogens is 340 g/mol. The first-order valence-corrected chi connectivity index (χ1v) is 10.2. The molecule has 0 spiro atoms. The topological polar surface area (TPSA) is 83.6 Å². The van der Waals surface area contributed by atoms with E-state index >= 15 is 0 Å². The average Bonchev–Trinajstić information content (AvgIpc) is 2.62. The van der Waals surface area contributed by atoms with Crippen molar-refractivity contribution in [1.82, 2.24) is 9.62 Å². The molecule has 2 rings (SSSR count). The molecular formula is C18H26N2O4S. The molecule has 0 radical (unpaired) electrons. The van der Waals surface area contributed by atoms with Crippen LogP contribution in [-0.2, 0) is 14.8 Å². The standard InChI is InChI=1S/C18H26N2O4S/c1-3-4-12-19-18(22)17-7-5-6-13-20(17)25(23,24)16-10-8-15(9-11-16)14(2)21/h8-11,17H,3-7,12-13H2,1-2H3,(H,19,22). The number of unbranched alkanes of at least 4 members (excludes halogenated alkanes) is 1. The fraction of sp³-hybridized carbons (Fsp3) is 0.556. The van der Waals surface area contributed by atoms with Crippen LogP contribution in [0.3, 0.4) is 0 Å². The third-order valence-corrected chi connectivity index (χ3v) is 6.38. The summed E-state index contributed by atoms with van der Waals surface area (Å²) in [7, 11) is -3.77. The predicted molar refractivity (Wildman–Crippen MR) is 95.9 cm³/mol. The lowest BCUT2D eigenvalue weighted by Crippen LogP contribution is -2.51. The molecule has 0 aromatic heterocycles. The van der Waals surface area contributed by atoms with Crippen LogP contribution >= 0.6 is 0 Å². The van der Waals surface area contributed by atoms with Gasteiger partial charge < -0.3 is 5.32 Å². The van der Waals surface area contributed by atoms with E-state index in [9.17, 15) is 18.0 Å². The summed E-state index contributed by atoms with van der Waals surface area (Å²) < 4.78 is 27.3. The van der Waals surface area contributed by atoms with Crippen LogP contribution in [0.1, 0.15) is 56.3 Å². The number of nitrogens with one attached hydrogen (secondary N) is 1. The summed E-state index contributed by atoms with van der Waals surface area (Å²) in [5, 5.41) is 2.84. The van der Waals surface area contributed by atoms with Crippen LogP contribution in [0.2, 0.25) is 0 Å². The van der Waals surface area contributed by atoms with Crippen LogP contribution in [0.25, 0.3) is 0 Å². The first kappa shape index (κ1) is 19.6. The van der Waals surface area contributed by atoms with E-state index in [2.05, 4.69) is 5.32 Å². The second kappa shape index (κ2) is 8.58. The zero-order valence-corrected chi connectivity index (χ0v) is 15.6. The molecule has 7 heteroatoms. The van der Waals surface area contributed by atoms with Crippen molar-refractivity contribution in [2.45, 2.75) is 56.9 Å². The van der Waals surface area contributed by atoms with Crippen molar-refractivity contribution in [3.63, 3.8) is 0 Å². The van der Waals surface area contributed by atoms with E-state index in [1.54, 1.807) is 0 Å². The number of hydrogen-bond donors (Lipinski definition) is 1. The second-order valence-corrected chi connectivity index (χ2v) is 8.24. The number of piperidine rings is 1. The van der Waals surface area contributed by atoms with Crippen LogP contribution in [0.15, 0.2) is 29.2 Å². The van der Waals surface area contributed by atoms with Gasteiger partial charge in [-0.2, -0.15) is 4.31 Å². The van der Waals surface area contributed by atoms with Crippen LogP contribution < -0.4 is 5.32 Å². The minimum atomic E-state index is -3.77. The Kier molecular flexibility index (Phi) is 6.72. The molecule has 1 heterocycles. The number of nitrogens with zero attached hydrogens (tertiary/aromatic N) is 1. The lowest BCUT2D eigenvalue weighted by atomic mass is 10.0. The Labute approximate surface area is 149 Å².